The summed E-state index contributed by atoms with van der Waals surface area (Å²) in [5.74, 6) is -0.841. The molecule has 0 radical (unpaired) electrons. The Hall–Kier alpha value is -2.81. The molecule has 26 heavy (non-hydrogen) atoms. The highest BCUT2D eigenvalue weighted by Gasteiger charge is 2.29. The van der Waals surface area contributed by atoms with Crippen LogP contribution in [-0.2, 0) is 16.4 Å². The van der Waals surface area contributed by atoms with E-state index in [1.165, 1.54) is 18.3 Å². The number of nitrogens with zero attached hydrogens (tertiary/aromatic N) is 2. The second kappa shape index (κ2) is 7.61. The first-order valence-corrected chi connectivity index (χ1v) is 9.90. The van der Waals surface area contributed by atoms with Crippen LogP contribution in [0.3, 0.4) is 0 Å². The number of pyridine rings is 2. The molecule has 3 heterocycles. The molecule has 8 nitrogen and oxygen atoms in total. The number of rotatable bonds is 5. The average Bonchev–Trinajstić information content (AvgIpc) is 2.99. The highest BCUT2D eigenvalue weighted by Crippen LogP contribution is 2.12. The molecule has 1 unspecified atom stereocenters. The van der Waals surface area contributed by atoms with Crippen LogP contribution in [-0.4, -0.2) is 47.7 Å². The lowest BCUT2D eigenvalue weighted by atomic mass is 10.2. The van der Waals surface area contributed by atoms with Crippen LogP contribution >= 0.6 is 0 Å². The van der Waals surface area contributed by atoms with Crippen molar-refractivity contribution in [2.75, 3.05) is 11.5 Å². The lowest BCUT2D eigenvalue weighted by Crippen LogP contribution is -2.36. The van der Waals surface area contributed by atoms with E-state index in [0.29, 0.717) is 12.0 Å². The molecule has 0 aromatic carbocycles. The summed E-state index contributed by atoms with van der Waals surface area (Å²) in [4.78, 5) is 32.6. The Kier molecular flexibility index (Phi) is 5.27. The zero-order valence-electron chi connectivity index (χ0n) is 13.9. The van der Waals surface area contributed by atoms with Crippen molar-refractivity contribution in [3.05, 3.63) is 59.7 Å². The second-order valence-electron chi connectivity index (χ2n) is 6.01. The van der Waals surface area contributed by atoms with Crippen LogP contribution in [0.1, 0.15) is 33.0 Å². The van der Waals surface area contributed by atoms with Gasteiger partial charge in [0.2, 0.25) is 0 Å². The minimum Gasteiger partial charge on any atom is -0.347 e. The Labute approximate surface area is 151 Å². The lowest BCUT2D eigenvalue weighted by Gasteiger charge is -2.11. The van der Waals surface area contributed by atoms with Crippen molar-refractivity contribution in [3.63, 3.8) is 0 Å². The third kappa shape index (κ3) is 4.63. The summed E-state index contributed by atoms with van der Waals surface area (Å²) in [5, 5.41) is 5.38. The third-order valence-corrected chi connectivity index (χ3v) is 5.75. The van der Waals surface area contributed by atoms with E-state index < -0.39 is 21.8 Å². The van der Waals surface area contributed by atoms with E-state index in [1.54, 1.807) is 18.3 Å². The van der Waals surface area contributed by atoms with Gasteiger partial charge in [-0.1, -0.05) is 6.07 Å². The summed E-state index contributed by atoms with van der Waals surface area (Å²) in [6.07, 6.45) is 3.40. The predicted octanol–water partition coefficient (Wildman–Crippen LogP) is 0.324. The molecule has 0 bridgehead atoms. The molecular weight excluding hydrogens is 356 g/mol. The van der Waals surface area contributed by atoms with E-state index >= 15 is 0 Å². The first-order chi connectivity index (χ1) is 12.4. The van der Waals surface area contributed by atoms with Gasteiger partial charge in [-0.2, -0.15) is 0 Å². The molecule has 0 spiro atoms. The maximum atomic E-state index is 12.3. The largest absolute Gasteiger partial charge is 0.347 e. The minimum absolute atomic E-state index is 0.0665. The van der Waals surface area contributed by atoms with Crippen molar-refractivity contribution in [3.8, 4) is 0 Å². The summed E-state index contributed by atoms with van der Waals surface area (Å²) < 4.78 is 22.9. The van der Waals surface area contributed by atoms with Gasteiger partial charge in [0.1, 0.15) is 5.69 Å². The Bertz CT molecular complexity index is 915. The molecule has 2 amide bonds. The van der Waals surface area contributed by atoms with Crippen LogP contribution in [0.15, 0.2) is 42.7 Å². The second-order valence-corrected chi connectivity index (χ2v) is 8.24. The quantitative estimate of drug-likeness (QED) is 0.778. The number of hydrogen-bond donors (Lipinski definition) is 2. The van der Waals surface area contributed by atoms with Crippen molar-refractivity contribution >= 4 is 21.7 Å². The van der Waals surface area contributed by atoms with Crippen molar-refractivity contribution in [2.24, 2.45) is 0 Å². The summed E-state index contributed by atoms with van der Waals surface area (Å²) in [6, 6.07) is 7.87. The molecule has 1 aliphatic rings. The van der Waals surface area contributed by atoms with Gasteiger partial charge in [0.25, 0.3) is 11.8 Å². The Morgan fingerprint density at radius 3 is 2.65 bits per heavy atom. The van der Waals surface area contributed by atoms with E-state index in [0.717, 1.165) is 5.69 Å². The summed E-state index contributed by atoms with van der Waals surface area (Å²) in [5.41, 5.74) is 1.08. The van der Waals surface area contributed by atoms with Crippen molar-refractivity contribution in [2.45, 2.75) is 19.0 Å². The molecule has 136 valence electrons. The van der Waals surface area contributed by atoms with Crippen molar-refractivity contribution < 1.29 is 18.0 Å². The monoisotopic (exact) mass is 374 g/mol. The summed E-state index contributed by atoms with van der Waals surface area (Å²) in [6.45, 7) is 0.267. The number of hydrogen-bond acceptors (Lipinski definition) is 6. The van der Waals surface area contributed by atoms with Gasteiger partial charge >= 0.3 is 0 Å². The molecule has 9 heteroatoms. The molecule has 2 N–H and O–H groups in total. The number of aromatic nitrogens is 2. The smallest absolute Gasteiger partial charge is 0.270 e. The molecule has 2 aromatic rings. The van der Waals surface area contributed by atoms with Gasteiger partial charge in [-0.25, -0.2) is 8.42 Å². The zero-order chi connectivity index (χ0) is 18.6. The van der Waals surface area contributed by atoms with Gasteiger partial charge in [0.15, 0.2) is 9.84 Å². The van der Waals surface area contributed by atoms with E-state index in [-0.39, 0.29) is 29.7 Å². The van der Waals surface area contributed by atoms with Crippen LogP contribution < -0.4 is 10.6 Å². The molecule has 1 aliphatic heterocycles. The molecule has 1 fully saturated rings. The van der Waals surface area contributed by atoms with E-state index in [2.05, 4.69) is 20.6 Å². The van der Waals surface area contributed by atoms with Crippen LogP contribution in [0.25, 0.3) is 0 Å². The Balaban J connectivity index is 1.62. The normalized spacial score (nSPS) is 18.2. The fourth-order valence-corrected chi connectivity index (χ4v) is 4.31. The van der Waals surface area contributed by atoms with Gasteiger partial charge < -0.3 is 10.6 Å². The standard InChI is InChI=1S/C17H18N4O4S/c22-16(20-10-13-3-1-2-6-18-13)12-4-7-19-15(9-12)17(23)21-14-5-8-26(24,25)11-14/h1-4,6-7,9,14H,5,8,10-11H2,(H,20,22)(H,21,23). The highest BCUT2D eigenvalue weighted by atomic mass is 32.2. The number of sulfone groups is 1. The van der Waals surface area contributed by atoms with Gasteiger partial charge in [-0.3, -0.25) is 19.6 Å². The number of carbonyl (C=O) groups excluding carboxylic acids is 2. The average molecular weight is 374 g/mol. The molecular formula is C17H18N4O4S. The zero-order valence-corrected chi connectivity index (χ0v) is 14.7. The SMILES string of the molecule is O=C(NCc1ccccn1)c1ccnc(C(=O)NC2CCS(=O)(=O)C2)c1. The minimum atomic E-state index is -3.08. The molecule has 0 aliphatic carbocycles. The van der Waals surface area contributed by atoms with Crippen LogP contribution in [0, 0.1) is 0 Å². The summed E-state index contributed by atoms with van der Waals surface area (Å²) >= 11 is 0. The topological polar surface area (TPSA) is 118 Å². The van der Waals surface area contributed by atoms with E-state index in [1.807, 2.05) is 6.07 Å². The lowest BCUT2D eigenvalue weighted by molar-refractivity contribution is 0.0936. The fourth-order valence-electron chi connectivity index (χ4n) is 2.64. The van der Waals surface area contributed by atoms with Gasteiger partial charge in [-0.05, 0) is 30.7 Å². The first kappa shape index (κ1) is 18.0. The van der Waals surface area contributed by atoms with Crippen molar-refractivity contribution in [1.29, 1.82) is 0 Å². The van der Waals surface area contributed by atoms with Gasteiger partial charge in [0, 0.05) is 24.0 Å². The molecule has 1 saturated heterocycles. The fraction of sp³-hybridized carbons (Fsp3) is 0.294. The van der Waals surface area contributed by atoms with E-state index in [9.17, 15) is 18.0 Å². The third-order valence-electron chi connectivity index (χ3n) is 3.98. The number of carbonyl (C=O) groups is 2. The predicted molar refractivity (Wildman–Crippen MR) is 94.2 cm³/mol. The number of amides is 2. The van der Waals surface area contributed by atoms with E-state index in [4.69, 9.17) is 0 Å². The van der Waals surface area contributed by atoms with Crippen LogP contribution in [0.4, 0.5) is 0 Å². The molecule has 1 atom stereocenters. The molecule has 3 rings (SSSR count). The highest BCUT2D eigenvalue weighted by molar-refractivity contribution is 7.91. The first-order valence-electron chi connectivity index (χ1n) is 8.08. The van der Waals surface area contributed by atoms with Crippen LogP contribution in [0.5, 0.6) is 0 Å². The number of nitrogens with one attached hydrogen (secondary N) is 2. The maximum absolute atomic E-state index is 12.3. The van der Waals surface area contributed by atoms with Crippen LogP contribution in [0.2, 0.25) is 0 Å². The Morgan fingerprint density at radius 1 is 1.12 bits per heavy atom. The summed E-state index contributed by atoms with van der Waals surface area (Å²) in [7, 11) is -3.08. The molecule has 2 aromatic heterocycles. The maximum Gasteiger partial charge on any atom is 0.270 e. The van der Waals surface area contributed by atoms with Crippen molar-refractivity contribution in [1.82, 2.24) is 20.6 Å². The van der Waals surface area contributed by atoms with Gasteiger partial charge in [0.05, 0.1) is 23.7 Å². The molecule has 0 saturated carbocycles. The van der Waals surface area contributed by atoms with Gasteiger partial charge in [-0.15, -0.1) is 0 Å². The Morgan fingerprint density at radius 2 is 1.96 bits per heavy atom.